The van der Waals surface area contributed by atoms with Crippen molar-refractivity contribution < 1.29 is 45.9 Å². The number of rotatable bonds is 16. The molecule has 412 valence electrons. The highest BCUT2D eigenvalue weighted by atomic mass is 32.2. The van der Waals surface area contributed by atoms with Gasteiger partial charge in [-0.25, -0.2) is 23.1 Å². The van der Waals surface area contributed by atoms with E-state index in [1.807, 2.05) is 86.5 Å². The molecule has 0 aliphatic carbocycles. The molecule has 4 aliphatic rings. The van der Waals surface area contributed by atoms with Crippen molar-refractivity contribution in [1.82, 2.24) is 44.6 Å². The van der Waals surface area contributed by atoms with E-state index in [0.717, 1.165) is 75.6 Å². The van der Waals surface area contributed by atoms with Crippen molar-refractivity contribution in [3.8, 4) is 21.6 Å². The predicted molar refractivity (Wildman–Crippen MR) is 291 cm³/mol. The summed E-state index contributed by atoms with van der Waals surface area (Å²) in [5.74, 6) is -4.68. The summed E-state index contributed by atoms with van der Waals surface area (Å²) in [7, 11) is -4.38. The Morgan fingerprint density at radius 1 is 0.897 bits per heavy atom. The second-order valence-corrected chi connectivity index (χ2v) is 24.2. The lowest BCUT2D eigenvalue weighted by Gasteiger charge is -2.48. The zero-order valence-electron chi connectivity index (χ0n) is 43.6. The van der Waals surface area contributed by atoms with Crippen LogP contribution in [0.3, 0.4) is 0 Å². The van der Waals surface area contributed by atoms with Gasteiger partial charge in [0.1, 0.15) is 29.7 Å². The molecule has 3 aromatic heterocycles. The Balaban J connectivity index is 0.698. The number of aryl methyl sites for hydroxylation is 1. The number of carbonyl (C=O) groups excluding carboxylic acids is 4. The third-order valence-electron chi connectivity index (χ3n) is 15.2. The number of nitrogens with one attached hydrogen (secondary N) is 4. The van der Waals surface area contributed by atoms with Crippen LogP contribution < -0.4 is 20.3 Å². The number of anilines is 2. The summed E-state index contributed by atoms with van der Waals surface area (Å²) in [6.07, 6.45) is 0.770. The molecule has 7 heterocycles. The van der Waals surface area contributed by atoms with Gasteiger partial charge in [-0.15, -0.1) is 11.3 Å². The second kappa shape index (κ2) is 22.2. The number of amides is 3. The molecular weight excluding hydrogens is 1050 g/mol. The zero-order valence-corrected chi connectivity index (χ0v) is 45.3. The van der Waals surface area contributed by atoms with Gasteiger partial charge in [-0.2, -0.15) is 12.7 Å². The van der Waals surface area contributed by atoms with Crippen LogP contribution in [-0.4, -0.2) is 167 Å². The molecule has 3 aromatic carbocycles. The Morgan fingerprint density at radius 2 is 1.62 bits per heavy atom. The van der Waals surface area contributed by atoms with E-state index in [1.54, 1.807) is 23.6 Å². The number of benzene rings is 3. The van der Waals surface area contributed by atoms with Crippen molar-refractivity contribution in [3.63, 3.8) is 0 Å². The third-order valence-corrected chi connectivity index (χ3v) is 17.6. The van der Waals surface area contributed by atoms with Gasteiger partial charge in [-0.3, -0.25) is 33.7 Å². The zero-order chi connectivity index (χ0) is 55.2. The molecule has 6 aromatic rings. The lowest BCUT2D eigenvalue weighted by atomic mass is 9.85. The van der Waals surface area contributed by atoms with Crippen LogP contribution in [0.5, 0.6) is 0 Å². The molecule has 5 N–H and O–H groups in total. The number of aromatic amines is 1. The maximum atomic E-state index is 15.8. The van der Waals surface area contributed by atoms with E-state index in [0.29, 0.717) is 29.7 Å². The van der Waals surface area contributed by atoms with Gasteiger partial charge in [-0.05, 0) is 65.8 Å². The van der Waals surface area contributed by atoms with Gasteiger partial charge in [0, 0.05) is 113 Å². The number of fused-ring (bicyclic) bond motifs is 1. The largest absolute Gasteiger partial charge is 0.391 e. The number of nitrogens with zero attached hydrogens (tertiary/aromatic N) is 7. The number of hydrogen-bond acceptors (Lipinski definition) is 13. The molecule has 0 radical (unpaired) electrons. The molecular formula is C55H62F3N11O7S2. The summed E-state index contributed by atoms with van der Waals surface area (Å²) in [6.45, 7) is 11.9. The van der Waals surface area contributed by atoms with Gasteiger partial charge in [0.05, 0.1) is 40.0 Å². The third kappa shape index (κ3) is 11.5. The molecule has 0 bridgehead atoms. The van der Waals surface area contributed by atoms with E-state index in [2.05, 4.69) is 40.3 Å². The number of carbonyl (C=O) groups is 4. The minimum Gasteiger partial charge on any atom is -0.391 e. The summed E-state index contributed by atoms with van der Waals surface area (Å²) in [5.41, 5.74) is 5.08. The van der Waals surface area contributed by atoms with E-state index < -0.39 is 81.1 Å². The number of hydrogen-bond donors (Lipinski definition) is 5. The number of ketones is 1. The van der Waals surface area contributed by atoms with Crippen LogP contribution in [-0.2, 0) is 31.1 Å². The lowest BCUT2D eigenvalue weighted by Crippen LogP contribution is -2.65. The Labute approximate surface area is 454 Å². The minimum absolute atomic E-state index is 0.00890. The molecule has 78 heavy (non-hydrogen) atoms. The fourth-order valence-corrected chi connectivity index (χ4v) is 12.8. The fourth-order valence-electron chi connectivity index (χ4n) is 10.7. The molecule has 4 atom stereocenters. The Bertz CT molecular complexity index is 3340. The fraction of sp³-hybridized carbons (Fsp3) is 0.418. The van der Waals surface area contributed by atoms with Gasteiger partial charge in [-0.1, -0.05) is 57.2 Å². The SMILES string of the molecule is Cc1ncsc1-c1ccc(CNC(=O)[C@H]2C[C@H](O)CN2C(=O)[C@H](NC(=O)CN2CC(N3CCN(c4ccc(-c5cnc6[nH]cc(C(=O)c7c(F)ccc(NS(=O)(=O)N8CC[C@@H](F)C8)c7F)c6c5)cc4)CC3)C2)C(C)(C)C)cc1. The smallest absolute Gasteiger partial charge is 0.301 e. The molecule has 3 amide bonds. The van der Waals surface area contributed by atoms with Crippen LogP contribution in [0.1, 0.15) is 60.8 Å². The molecule has 0 spiro atoms. The van der Waals surface area contributed by atoms with Crippen molar-refractivity contribution in [2.45, 2.75) is 77.5 Å². The Morgan fingerprint density at radius 3 is 2.28 bits per heavy atom. The topological polar surface area (TPSA) is 217 Å². The molecule has 4 aliphatic heterocycles. The highest BCUT2D eigenvalue weighted by molar-refractivity contribution is 7.90. The van der Waals surface area contributed by atoms with E-state index >= 15 is 8.78 Å². The van der Waals surface area contributed by atoms with E-state index in [9.17, 15) is 37.1 Å². The van der Waals surface area contributed by atoms with Crippen molar-refractivity contribution in [1.29, 1.82) is 0 Å². The normalized spacial score (nSPS) is 20.2. The number of aliphatic hydroxyl groups is 1. The maximum Gasteiger partial charge on any atom is 0.301 e. The van der Waals surface area contributed by atoms with Gasteiger partial charge in [0.25, 0.3) is 0 Å². The first-order valence-electron chi connectivity index (χ1n) is 26.0. The highest BCUT2D eigenvalue weighted by Crippen LogP contribution is 2.33. The van der Waals surface area contributed by atoms with Crippen LogP contribution in [0, 0.1) is 24.0 Å². The number of pyridine rings is 1. The first kappa shape index (κ1) is 54.6. The average Bonchev–Trinajstić information content (AvgIpc) is 4.30. The van der Waals surface area contributed by atoms with E-state index in [1.165, 1.54) is 11.1 Å². The van der Waals surface area contributed by atoms with E-state index in [-0.39, 0.29) is 62.4 Å². The van der Waals surface area contributed by atoms with Crippen LogP contribution >= 0.6 is 11.3 Å². The number of β-amino-alcohol motifs (C(OH)–C–C–N with tert-alkyl or cyclic N) is 1. The number of alkyl halides is 1. The molecule has 0 saturated carbocycles. The number of thiazole rings is 1. The Hall–Kier alpha value is -6.76. The quantitative estimate of drug-likeness (QED) is 0.0762. The van der Waals surface area contributed by atoms with Gasteiger partial charge in [0.15, 0.2) is 5.82 Å². The van der Waals surface area contributed by atoms with Crippen LogP contribution in [0.15, 0.2) is 84.6 Å². The first-order chi connectivity index (χ1) is 37.2. The lowest BCUT2D eigenvalue weighted by molar-refractivity contribution is -0.144. The number of aromatic nitrogens is 3. The average molecular weight is 1110 g/mol. The number of halogens is 3. The van der Waals surface area contributed by atoms with Gasteiger partial charge >= 0.3 is 10.2 Å². The van der Waals surface area contributed by atoms with Crippen molar-refractivity contribution in [2.75, 3.05) is 75.1 Å². The van der Waals surface area contributed by atoms with Crippen LogP contribution in [0.2, 0.25) is 0 Å². The van der Waals surface area contributed by atoms with Crippen LogP contribution in [0.25, 0.3) is 32.6 Å². The highest BCUT2D eigenvalue weighted by Gasteiger charge is 2.45. The minimum atomic E-state index is -4.38. The number of aliphatic hydroxyl groups excluding tert-OH is 1. The molecule has 4 saturated heterocycles. The summed E-state index contributed by atoms with van der Waals surface area (Å²) in [4.78, 5) is 76.1. The predicted octanol–water partition coefficient (Wildman–Crippen LogP) is 5.49. The summed E-state index contributed by atoms with van der Waals surface area (Å²) < 4.78 is 73.3. The number of H-pyrrole nitrogens is 1. The monoisotopic (exact) mass is 1110 g/mol. The number of likely N-dealkylation sites (tertiary alicyclic amines) is 2. The van der Waals surface area contributed by atoms with E-state index in [4.69, 9.17) is 0 Å². The van der Waals surface area contributed by atoms with Crippen molar-refractivity contribution in [3.05, 3.63) is 119 Å². The van der Waals surface area contributed by atoms with Crippen molar-refractivity contribution >= 4 is 67.5 Å². The number of piperazine rings is 1. The molecule has 23 heteroatoms. The maximum absolute atomic E-state index is 15.8. The summed E-state index contributed by atoms with van der Waals surface area (Å²) in [6, 6.07) is 17.5. The standard InChI is InChI=1S/C55H62F3N11O7S2/c1-32-50(77-31-62-32)35-7-5-33(6-8-35)23-61-53(73)45-22-40(70)29-69(45)54(74)51(55(2,3)4)63-46(71)30-65-27-39(28-65)67-19-17-66(18-20-67)38-11-9-34(10-12-38)36-21-41-42(25-60-52(41)59-24-36)49(72)47-43(57)13-14-44(48(47)58)64-78(75,76)68-16-15-37(56)26-68/h5-14,21,24-25,31,37,39-40,45,51,64,70H,15-20,22-23,26-30H2,1-4H3,(H,59,60)(H,61,73)(H,63,71)/t37-,40+,45-,51+/m1/s1. The second-order valence-electron chi connectivity index (χ2n) is 21.6. The Kier molecular flexibility index (Phi) is 15.5. The molecule has 18 nitrogen and oxygen atoms in total. The molecule has 0 unspecified atom stereocenters. The molecule has 4 fully saturated rings. The molecule has 10 rings (SSSR count). The van der Waals surface area contributed by atoms with Gasteiger partial charge < -0.3 is 30.5 Å². The van der Waals surface area contributed by atoms with Crippen molar-refractivity contribution in [2.24, 2.45) is 5.41 Å². The van der Waals surface area contributed by atoms with Gasteiger partial charge in [0.2, 0.25) is 23.5 Å². The summed E-state index contributed by atoms with van der Waals surface area (Å²) >= 11 is 1.57. The summed E-state index contributed by atoms with van der Waals surface area (Å²) in [5, 5.41) is 16.9. The van der Waals surface area contributed by atoms with Crippen LogP contribution in [0.4, 0.5) is 24.5 Å². The first-order valence-corrected chi connectivity index (χ1v) is 28.3.